The van der Waals surface area contributed by atoms with Crippen LogP contribution >= 0.6 is 46.4 Å². The molecule has 0 atom stereocenters. The normalized spacial score (nSPS) is 14.9. The molecule has 0 spiro atoms. The molecule has 0 aliphatic heterocycles. The van der Waals surface area contributed by atoms with Crippen molar-refractivity contribution >= 4 is 46.4 Å². The Labute approximate surface area is 116 Å². The number of allylic oxidation sites excluding steroid dienone is 2. The highest BCUT2D eigenvalue weighted by atomic mass is 35.5. The maximum absolute atomic E-state index is 5.87. The summed E-state index contributed by atoms with van der Waals surface area (Å²) in [5, 5.41) is 0.0460. The van der Waals surface area contributed by atoms with E-state index in [1.807, 2.05) is 27.7 Å². The SMILES string of the molecule is CC(C)OC(Cl)=C(Cl)C(Cl)=C(Cl)OC(C)C. The van der Waals surface area contributed by atoms with Crippen molar-refractivity contribution in [2.24, 2.45) is 0 Å². The fourth-order valence-electron chi connectivity index (χ4n) is 0.690. The Morgan fingerprint density at radius 1 is 0.688 bits per heavy atom. The first kappa shape index (κ1) is 16.2. The zero-order chi connectivity index (χ0) is 12.9. The number of hydrogen-bond donors (Lipinski definition) is 0. The summed E-state index contributed by atoms with van der Waals surface area (Å²) in [6.45, 7) is 7.26. The summed E-state index contributed by atoms with van der Waals surface area (Å²) in [5.41, 5.74) is 0. The van der Waals surface area contributed by atoms with Gasteiger partial charge in [-0.2, -0.15) is 0 Å². The lowest BCUT2D eigenvalue weighted by molar-refractivity contribution is 0.163. The Hall–Kier alpha value is 0.240. The van der Waals surface area contributed by atoms with E-state index >= 15 is 0 Å². The van der Waals surface area contributed by atoms with Gasteiger partial charge in [0.2, 0.25) is 10.4 Å². The molecule has 0 aliphatic carbocycles. The van der Waals surface area contributed by atoms with Crippen LogP contribution in [0.5, 0.6) is 0 Å². The van der Waals surface area contributed by atoms with Gasteiger partial charge in [-0.25, -0.2) is 0 Å². The van der Waals surface area contributed by atoms with Gasteiger partial charge < -0.3 is 9.47 Å². The van der Waals surface area contributed by atoms with Crippen molar-refractivity contribution in [2.45, 2.75) is 39.9 Å². The molecular formula is C10H14Cl4O2. The average Bonchev–Trinajstić information content (AvgIpc) is 2.13. The van der Waals surface area contributed by atoms with E-state index in [-0.39, 0.29) is 32.7 Å². The molecule has 0 aromatic heterocycles. The van der Waals surface area contributed by atoms with Gasteiger partial charge in [-0.1, -0.05) is 23.2 Å². The van der Waals surface area contributed by atoms with Crippen molar-refractivity contribution in [1.29, 1.82) is 0 Å². The minimum atomic E-state index is -0.101. The molecule has 6 heteroatoms. The molecule has 16 heavy (non-hydrogen) atoms. The first-order valence-corrected chi connectivity index (χ1v) is 6.21. The summed E-state index contributed by atoms with van der Waals surface area (Å²) in [6, 6.07) is 0. The van der Waals surface area contributed by atoms with Crippen molar-refractivity contribution < 1.29 is 9.47 Å². The first-order chi connectivity index (χ1) is 7.25. The van der Waals surface area contributed by atoms with Gasteiger partial charge in [0.1, 0.15) is 10.1 Å². The highest BCUT2D eigenvalue weighted by Gasteiger charge is 2.14. The Balaban J connectivity index is 4.88. The van der Waals surface area contributed by atoms with Gasteiger partial charge in [-0.15, -0.1) is 0 Å². The van der Waals surface area contributed by atoms with E-state index in [0.717, 1.165) is 0 Å². The minimum Gasteiger partial charge on any atom is -0.479 e. The second kappa shape index (κ2) is 7.54. The van der Waals surface area contributed by atoms with Crippen molar-refractivity contribution in [2.75, 3.05) is 0 Å². The zero-order valence-corrected chi connectivity index (χ0v) is 12.5. The molecule has 0 unspecified atom stereocenters. The Morgan fingerprint density at radius 3 is 1.12 bits per heavy atom. The van der Waals surface area contributed by atoms with E-state index in [2.05, 4.69) is 0 Å². The summed E-state index contributed by atoms with van der Waals surface area (Å²) in [5.74, 6) is 0. The quantitative estimate of drug-likeness (QED) is 0.518. The maximum Gasteiger partial charge on any atom is 0.208 e. The minimum absolute atomic E-state index is 0.00725. The van der Waals surface area contributed by atoms with Crippen LogP contribution in [0.3, 0.4) is 0 Å². The van der Waals surface area contributed by atoms with Crippen LogP contribution in [0.25, 0.3) is 0 Å². The maximum atomic E-state index is 5.87. The predicted molar refractivity (Wildman–Crippen MR) is 69.9 cm³/mol. The molecule has 0 bridgehead atoms. The second-order valence-corrected chi connectivity index (χ2v) is 4.95. The molecule has 94 valence electrons. The first-order valence-electron chi connectivity index (χ1n) is 4.69. The van der Waals surface area contributed by atoms with Crippen molar-refractivity contribution in [1.82, 2.24) is 0 Å². The van der Waals surface area contributed by atoms with E-state index in [9.17, 15) is 0 Å². The van der Waals surface area contributed by atoms with Crippen molar-refractivity contribution in [3.63, 3.8) is 0 Å². The standard InChI is InChI=1S/C10H14Cl4O2/c1-5(2)15-9(13)7(11)8(12)10(14)16-6(3)4/h5-6H,1-4H3. The molecule has 0 radical (unpaired) electrons. The van der Waals surface area contributed by atoms with Gasteiger partial charge in [0.05, 0.1) is 12.2 Å². The molecule has 0 saturated heterocycles. The van der Waals surface area contributed by atoms with Gasteiger partial charge in [0.25, 0.3) is 0 Å². The van der Waals surface area contributed by atoms with E-state index in [4.69, 9.17) is 55.9 Å². The molecule has 0 aromatic rings. The van der Waals surface area contributed by atoms with Crippen LogP contribution in [0.4, 0.5) is 0 Å². The number of rotatable bonds is 5. The van der Waals surface area contributed by atoms with Crippen molar-refractivity contribution in [3.8, 4) is 0 Å². The van der Waals surface area contributed by atoms with E-state index in [1.165, 1.54) is 0 Å². The van der Waals surface area contributed by atoms with Gasteiger partial charge in [0.15, 0.2) is 0 Å². The van der Waals surface area contributed by atoms with E-state index < -0.39 is 0 Å². The van der Waals surface area contributed by atoms with Crippen LogP contribution in [0, 0.1) is 0 Å². The van der Waals surface area contributed by atoms with Gasteiger partial charge in [0, 0.05) is 0 Å². The molecule has 0 saturated carbocycles. The lowest BCUT2D eigenvalue weighted by Gasteiger charge is -2.12. The lowest BCUT2D eigenvalue weighted by atomic mass is 10.5. The highest BCUT2D eigenvalue weighted by molar-refractivity contribution is 6.50. The smallest absolute Gasteiger partial charge is 0.208 e. The molecule has 0 heterocycles. The third kappa shape index (κ3) is 6.09. The number of hydrogen-bond acceptors (Lipinski definition) is 2. The van der Waals surface area contributed by atoms with E-state index in [1.54, 1.807) is 0 Å². The molecule has 0 rings (SSSR count). The molecule has 2 nitrogen and oxygen atoms in total. The average molecular weight is 308 g/mol. The second-order valence-electron chi connectivity index (χ2n) is 3.51. The summed E-state index contributed by atoms with van der Waals surface area (Å²) in [6.07, 6.45) is -0.203. The zero-order valence-electron chi connectivity index (χ0n) is 9.48. The Kier molecular flexibility index (Phi) is 7.66. The molecular weight excluding hydrogens is 294 g/mol. The molecule has 0 fully saturated rings. The summed E-state index contributed by atoms with van der Waals surface area (Å²) >= 11 is 23.3. The fourth-order valence-corrected chi connectivity index (χ4v) is 1.59. The van der Waals surface area contributed by atoms with Gasteiger partial charge in [-0.05, 0) is 50.9 Å². The third-order valence-corrected chi connectivity index (χ3v) is 2.78. The van der Waals surface area contributed by atoms with Crippen LogP contribution < -0.4 is 0 Å². The largest absolute Gasteiger partial charge is 0.479 e. The van der Waals surface area contributed by atoms with Crippen LogP contribution in [0.1, 0.15) is 27.7 Å². The van der Waals surface area contributed by atoms with Crippen LogP contribution in [0.2, 0.25) is 0 Å². The molecule has 0 aromatic carbocycles. The topological polar surface area (TPSA) is 18.5 Å². The molecule has 0 N–H and O–H groups in total. The lowest BCUT2D eigenvalue weighted by Crippen LogP contribution is -2.02. The highest BCUT2D eigenvalue weighted by Crippen LogP contribution is 2.31. The van der Waals surface area contributed by atoms with Crippen LogP contribution in [-0.4, -0.2) is 12.2 Å². The van der Waals surface area contributed by atoms with Crippen LogP contribution in [-0.2, 0) is 9.47 Å². The number of ether oxygens (including phenoxy) is 2. The Morgan fingerprint density at radius 2 is 0.938 bits per heavy atom. The van der Waals surface area contributed by atoms with E-state index in [0.29, 0.717) is 0 Å². The third-order valence-electron chi connectivity index (χ3n) is 1.22. The van der Waals surface area contributed by atoms with Gasteiger partial charge in [-0.3, -0.25) is 0 Å². The monoisotopic (exact) mass is 306 g/mol. The van der Waals surface area contributed by atoms with Crippen molar-refractivity contribution in [3.05, 3.63) is 20.5 Å². The summed E-state index contributed by atoms with van der Waals surface area (Å²) < 4.78 is 10.3. The number of halogens is 4. The summed E-state index contributed by atoms with van der Waals surface area (Å²) in [4.78, 5) is 0. The van der Waals surface area contributed by atoms with Crippen LogP contribution in [0.15, 0.2) is 20.5 Å². The molecule has 0 aliphatic rings. The van der Waals surface area contributed by atoms with Gasteiger partial charge >= 0.3 is 0 Å². The Bertz CT molecular complexity index is 265. The molecule has 0 amide bonds. The fraction of sp³-hybridized carbons (Fsp3) is 0.600. The predicted octanol–water partition coefficient (Wildman–Crippen LogP) is 5.13. The summed E-state index contributed by atoms with van der Waals surface area (Å²) in [7, 11) is 0.